The third-order valence-electron chi connectivity index (χ3n) is 4.99. The quantitative estimate of drug-likeness (QED) is 0.201. The molecule has 0 spiro atoms. The number of aliphatic hydroxyl groups excluding tert-OH is 1. The zero-order chi connectivity index (χ0) is 23.4. The first-order valence-corrected chi connectivity index (χ1v) is 10.0. The summed E-state index contributed by atoms with van der Waals surface area (Å²) >= 11 is 0. The van der Waals surface area contributed by atoms with Crippen LogP contribution in [0, 0.1) is 0 Å². The van der Waals surface area contributed by atoms with Gasteiger partial charge in [-0.3, -0.25) is 14.2 Å². The van der Waals surface area contributed by atoms with Crippen LogP contribution in [0.15, 0.2) is 77.9 Å². The third-order valence-corrected chi connectivity index (χ3v) is 4.99. The summed E-state index contributed by atoms with van der Waals surface area (Å²) < 4.78 is 7.33. The molecule has 0 aliphatic carbocycles. The third kappa shape index (κ3) is 4.57. The van der Waals surface area contributed by atoms with Gasteiger partial charge in [0.2, 0.25) is 0 Å². The fourth-order valence-corrected chi connectivity index (χ4v) is 3.38. The summed E-state index contributed by atoms with van der Waals surface area (Å²) in [6.07, 6.45) is 2.14. The van der Waals surface area contributed by atoms with Gasteiger partial charge in [0, 0.05) is 6.08 Å². The van der Waals surface area contributed by atoms with Crippen LogP contribution in [0.2, 0.25) is 0 Å². The van der Waals surface area contributed by atoms with Crippen LogP contribution in [0.4, 0.5) is 0 Å². The van der Waals surface area contributed by atoms with Crippen LogP contribution >= 0.6 is 0 Å². The van der Waals surface area contributed by atoms with Crippen LogP contribution in [0.5, 0.6) is 0 Å². The zero-order valence-corrected chi connectivity index (χ0v) is 17.7. The Kier molecular flexibility index (Phi) is 6.12. The molecule has 2 aromatic carbocycles. The van der Waals surface area contributed by atoms with Gasteiger partial charge in [0.15, 0.2) is 22.7 Å². The Labute approximate surface area is 188 Å². The summed E-state index contributed by atoms with van der Waals surface area (Å²) in [6.45, 7) is 0.526. The molecular weight excluding hydrogens is 424 g/mol. The first kappa shape index (κ1) is 21.7. The molecule has 0 aliphatic heterocycles. The second-order valence-corrected chi connectivity index (χ2v) is 7.23. The maximum atomic E-state index is 13.2. The fraction of sp³-hybridized carbons (Fsp3) is 0.125. The predicted molar refractivity (Wildman–Crippen MR) is 121 cm³/mol. The molecule has 0 saturated heterocycles. The van der Waals surface area contributed by atoms with E-state index in [1.165, 1.54) is 15.5 Å². The Balaban J connectivity index is 1.84. The predicted octanol–water partition coefficient (Wildman–Crippen LogP) is 2.33. The van der Waals surface area contributed by atoms with Crippen LogP contribution in [-0.4, -0.2) is 43.1 Å². The largest absolute Gasteiger partial charge is 0.504 e. The van der Waals surface area contributed by atoms with E-state index < -0.39 is 23.1 Å². The number of carbonyl (C=O) groups excluding carboxylic acids is 2. The van der Waals surface area contributed by atoms with Crippen molar-refractivity contribution in [3.8, 4) is 0 Å². The first-order chi connectivity index (χ1) is 16.0. The van der Waals surface area contributed by atoms with Crippen LogP contribution in [0.3, 0.4) is 0 Å². The average molecular weight is 444 g/mol. The van der Waals surface area contributed by atoms with Crippen molar-refractivity contribution in [3.63, 3.8) is 0 Å². The van der Waals surface area contributed by atoms with Gasteiger partial charge in [-0.15, -0.1) is 0 Å². The number of ether oxygens (including phenoxy) is 1. The lowest BCUT2D eigenvalue weighted by atomic mass is 10.2. The van der Waals surface area contributed by atoms with E-state index in [1.807, 2.05) is 60.7 Å². The minimum absolute atomic E-state index is 0.0322. The van der Waals surface area contributed by atoms with Crippen molar-refractivity contribution >= 4 is 28.7 Å². The Morgan fingerprint density at radius 3 is 2.21 bits per heavy atom. The van der Waals surface area contributed by atoms with Gasteiger partial charge in [-0.1, -0.05) is 60.7 Å². The van der Waals surface area contributed by atoms with E-state index in [4.69, 9.17) is 0 Å². The summed E-state index contributed by atoms with van der Waals surface area (Å²) in [5.41, 5.74) is 1.65. The molecule has 1 N–H and O–H groups in total. The van der Waals surface area contributed by atoms with Crippen molar-refractivity contribution in [1.29, 1.82) is 0 Å². The number of carbonyl (C=O) groups is 2. The Morgan fingerprint density at radius 1 is 1.00 bits per heavy atom. The lowest BCUT2D eigenvalue weighted by molar-refractivity contribution is -0.149. The molecule has 9 nitrogen and oxygen atoms in total. The van der Waals surface area contributed by atoms with E-state index >= 15 is 0 Å². The lowest BCUT2D eigenvalue weighted by Crippen LogP contribution is -2.21. The molecule has 0 amide bonds. The van der Waals surface area contributed by atoms with E-state index in [0.29, 0.717) is 6.54 Å². The van der Waals surface area contributed by atoms with E-state index in [-0.39, 0.29) is 23.5 Å². The second kappa shape index (κ2) is 9.31. The molecule has 2 heterocycles. The number of nitrogens with zero attached hydrogens (tertiary/aromatic N) is 4. The highest BCUT2D eigenvalue weighted by molar-refractivity contribution is 6.39. The summed E-state index contributed by atoms with van der Waals surface area (Å²) in [4.78, 5) is 45.3. The smallest absolute Gasteiger partial charge is 0.378 e. The summed E-state index contributed by atoms with van der Waals surface area (Å²) in [5, 5.41) is 10.6. The molecule has 9 heteroatoms. The number of fused-ring (bicyclic) bond motifs is 1. The van der Waals surface area contributed by atoms with Crippen LogP contribution in [-0.2, 0) is 27.4 Å². The Morgan fingerprint density at radius 2 is 1.61 bits per heavy atom. The number of hydrogen-bond donors (Lipinski definition) is 1. The van der Waals surface area contributed by atoms with Crippen molar-refractivity contribution in [2.24, 2.45) is 0 Å². The molecule has 0 unspecified atom stereocenters. The normalized spacial score (nSPS) is 11.5. The topological polar surface area (TPSA) is 116 Å². The number of ketones is 1. The highest BCUT2D eigenvalue weighted by Gasteiger charge is 2.21. The highest BCUT2D eigenvalue weighted by Crippen LogP contribution is 2.19. The molecule has 33 heavy (non-hydrogen) atoms. The molecule has 0 atom stereocenters. The van der Waals surface area contributed by atoms with Gasteiger partial charge >= 0.3 is 5.97 Å². The number of rotatable bonds is 7. The van der Waals surface area contributed by atoms with E-state index in [9.17, 15) is 19.5 Å². The first-order valence-electron chi connectivity index (χ1n) is 10.0. The molecule has 2 aromatic heterocycles. The number of methoxy groups -OCH3 is 1. The molecular formula is C24H20N4O5. The van der Waals surface area contributed by atoms with Gasteiger partial charge in [-0.2, -0.15) is 0 Å². The van der Waals surface area contributed by atoms with Crippen LogP contribution in [0.1, 0.15) is 17.0 Å². The van der Waals surface area contributed by atoms with E-state index in [2.05, 4.69) is 14.7 Å². The molecule has 4 rings (SSSR count). The molecule has 0 bridgehead atoms. The molecule has 0 aliphatic rings. The van der Waals surface area contributed by atoms with Gasteiger partial charge in [0.25, 0.3) is 11.3 Å². The average Bonchev–Trinajstić information content (AvgIpc) is 3.20. The lowest BCUT2D eigenvalue weighted by Gasteiger charge is -2.09. The SMILES string of the molecule is COC(=O)C(=O)/C=C(\O)c1nc2c(=O)n(Cc3ccccc3)cnc2n1Cc1ccccc1. The Hall–Kier alpha value is -4.53. The highest BCUT2D eigenvalue weighted by atomic mass is 16.5. The monoisotopic (exact) mass is 444 g/mol. The number of aromatic nitrogens is 4. The van der Waals surface area contributed by atoms with Gasteiger partial charge < -0.3 is 14.4 Å². The van der Waals surface area contributed by atoms with Crippen molar-refractivity contribution < 1.29 is 19.4 Å². The number of esters is 1. The molecule has 4 aromatic rings. The van der Waals surface area contributed by atoms with Crippen LogP contribution in [0.25, 0.3) is 16.9 Å². The summed E-state index contributed by atoms with van der Waals surface area (Å²) in [6, 6.07) is 18.7. The van der Waals surface area contributed by atoms with Crippen molar-refractivity contribution in [1.82, 2.24) is 19.1 Å². The van der Waals surface area contributed by atoms with Gasteiger partial charge in [-0.25, -0.2) is 14.8 Å². The van der Waals surface area contributed by atoms with Gasteiger partial charge in [-0.05, 0) is 11.1 Å². The zero-order valence-electron chi connectivity index (χ0n) is 17.7. The number of aliphatic hydroxyl groups is 1. The minimum atomic E-state index is -1.13. The fourth-order valence-electron chi connectivity index (χ4n) is 3.38. The molecule has 0 saturated carbocycles. The number of benzene rings is 2. The standard InChI is InChI=1S/C24H20N4O5/c1-33-24(32)19(30)12-18(29)21-26-20-22(28(21)14-17-10-6-3-7-11-17)25-15-27(23(20)31)13-16-8-4-2-5-9-16/h2-12,15,29H,13-14H2,1H3/b18-12-. The van der Waals surface area contributed by atoms with Crippen molar-refractivity contribution in [2.75, 3.05) is 7.11 Å². The molecule has 166 valence electrons. The van der Waals surface area contributed by atoms with Crippen molar-refractivity contribution in [2.45, 2.75) is 13.1 Å². The molecule has 0 radical (unpaired) electrons. The summed E-state index contributed by atoms with van der Waals surface area (Å²) in [7, 11) is 1.06. The van der Waals surface area contributed by atoms with Gasteiger partial charge in [0.1, 0.15) is 6.33 Å². The van der Waals surface area contributed by atoms with E-state index in [1.54, 1.807) is 0 Å². The Bertz CT molecular complexity index is 1410. The summed E-state index contributed by atoms with van der Waals surface area (Å²) in [5.74, 6) is -2.82. The molecule has 0 fully saturated rings. The van der Waals surface area contributed by atoms with Crippen molar-refractivity contribution in [3.05, 3.63) is 100 Å². The van der Waals surface area contributed by atoms with Gasteiger partial charge in [0.05, 0.1) is 20.2 Å². The maximum Gasteiger partial charge on any atom is 0.378 e. The number of hydrogen-bond acceptors (Lipinski definition) is 7. The van der Waals surface area contributed by atoms with Crippen LogP contribution < -0.4 is 5.56 Å². The maximum absolute atomic E-state index is 13.2. The minimum Gasteiger partial charge on any atom is -0.504 e. The number of imidazole rings is 1. The van der Waals surface area contributed by atoms with E-state index in [0.717, 1.165) is 24.3 Å². The second-order valence-electron chi connectivity index (χ2n) is 7.23.